The molecule has 9 nitrogen and oxygen atoms in total. The highest BCUT2D eigenvalue weighted by Gasteiger charge is 2.33. The van der Waals surface area contributed by atoms with Crippen LogP contribution in [0.5, 0.6) is 0 Å². The number of likely N-dealkylation sites (tertiary alicyclic amines) is 1. The van der Waals surface area contributed by atoms with Crippen LogP contribution in [-0.2, 0) is 14.8 Å². The number of nitro benzene ring substituents is 1. The fraction of sp³-hybridized carbons (Fsp3) is 0.696. The molecule has 0 aromatic heterocycles. The monoisotopic (exact) mass is 480 g/mol. The predicted octanol–water partition coefficient (Wildman–Crippen LogP) is 2.93. The molecule has 0 saturated carbocycles. The number of carbonyl (C=O) groups is 1. The number of hydrogen-bond acceptors (Lipinski definition) is 6. The van der Waals surface area contributed by atoms with E-state index in [0.29, 0.717) is 24.9 Å². The lowest BCUT2D eigenvalue weighted by molar-refractivity contribution is -0.385. The summed E-state index contributed by atoms with van der Waals surface area (Å²) >= 11 is 0. The molecule has 0 aliphatic carbocycles. The highest BCUT2D eigenvalue weighted by Crippen LogP contribution is 2.28. The minimum atomic E-state index is -3.84. The van der Waals surface area contributed by atoms with Gasteiger partial charge in [0.15, 0.2) is 0 Å². The SMILES string of the molecule is Cc1ccc([N+](=O)[O-])cc1S(=O)(=O)N1CCC(C(=O)NCCCCN2CCCC(C)C2)CC1. The number of carbonyl (C=O) groups excluding carboxylic acids is 1. The van der Waals surface area contributed by atoms with Gasteiger partial charge in [0, 0.05) is 44.2 Å². The molecule has 1 aromatic carbocycles. The van der Waals surface area contributed by atoms with Gasteiger partial charge >= 0.3 is 0 Å². The molecular weight excluding hydrogens is 444 g/mol. The van der Waals surface area contributed by atoms with Crippen LogP contribution < -0.4 is 5.32 Å². The maximum absolute atomic E-state index is 13.1. The third kappa shape index (κ3) is 6.74. The summed E-state index contributed by atoms with van der Waals surface area (Å²) in [6, 6.07) is 3.88. The highest BCUT2D eigenvalue weighted by molar-refractivity contribution is 7.89. The van der Waals surface area contributed by atoms with E-state index in [2.05, 4.69) is 17.1 Å². The van der Waals surface area contributed by atoms with Crippen LogP contribution in [0.4, 0.5) is 5.69 Å². The van der Waals surface area contributed by atoms with E-state index in [-0.39, 0.29) is 35.5 Å². The molecule has 2 fully saturated rings. The van der Waals surface area contributed by atoms with E-state index in [4.69, 9.17) is 0 Å². The van der Waals surface area contributed by atoms with Gasteiger partial charge in [-0.3, -0.25) is 14.9 Å². The number of sulfonamides is 1. The zero-order valence-corrected chi connectivity index (χ0v) is 20.5. The molecule has 0 radical (unpaired) electrons. The van der Waals surface area contributed by atoms with Gasteiger partial charge in [0.25, 0.3) is 5.69 Å². The molecule has 1 unspecified atom stereocenters. The van der Waals surface area contributed by atoms with Gasteiger partial charge in [0.05, 0.1) is 9.82 Å². The molecule has 33 heavy (non-hydrogen) atoms. The molecule has 2 aliphatic rings. The first-order valence-corrected chi connectivity index (χ1v) is 13.4. The van der Waals surface area contributed by atoms with Crippen molar-refractivity contribution in [3.05, 3.63) is 33.9 Å². The first-order valence-electron chi connectivity index (χ1n) is 11.9. The molecule has 0 bridgehead atoms. The van der Waals surface area contributed by atoms with E-state index in [1.54, 1.807) is 6.92 Å². The molecule has 0 spiro atoms. The standard InChI is InChI=1S/C23H36N4O5S/c1-18-6-5-13-25(17-18)12-4-3-11-24-23(28)20-9-14-26(15-10-20)33(31,32)22-16-21(27(29)30)8-7-19(22)2/h7-8,16,18,20H,3-6,9-15,17H2,1-2H3,(H,24,28). The molecule has 1 N–H and O–H groups in total. The maximum atomic E-state index is 13.1. The largest absolute Gasteiger partial charge is 0.356 e. The first-order chi connectivity index (χ1) is 15.7. The van der Waals surface area contributed by atoms with E-state index < -0.39 is 14.9 Å². The van der Waals surface area contributed by atoms with E-state index >= 15 is 0 Å². The number of rotatable bonds is 9. The second-order valence-corrected chi connectivity index (χ2v) is 11.3. The number of benzene rings is 1. The van der Waals surface area contributed by atoms with Crippen LogP contribution in [0, 0.1) is 28.9 Å². The summed E-state index contributed by atoms with van der Waals surface area (Å²) < 4.78 is 27.4. The van der Waals surface area contributed by atoms with Gasteiger partial charge in [-0.15, -0.1) is 0 Å². The van der Waals surface area contributed by atoms with Gasteiger partial charge in [-0.05, 0) is 70.0 Å². The van der Waals surface area contributed by atoms with Gasteiger partial charge in [0.2, 0.25) is 15.9 Å². The number of nitro groups is 1. The summed E-state index contributed by atoms with van der Waals surface area (Å²) in [6.07, 6.45) is 5.49. The predicted molar refractivity (Wildman–Crippen MR) is 126 cm³/mol. The Hall–Kier alpha value is -2.04. The Labute approximate surface area is 196 Å². The molecule has 1 amide bonds. The molecule has 10 heteroatoms. The minimum Gasteiger partial charge on any atom is -0.356 e. The number of unbranched alkanes of at least 4 members (excludes halogenated alkanes) is 1. The third-order valence-corrected chi connectivity index (χ3v) is 8.81. The second kappa shape index (κ2) is 11.4. The Balaban J connectivity index is 1.43. The zero-order valence-electron chi connectivity index (χ0n) is 19.7. The summed E-state index contributed by atoms with van der Waals surface area (Å²) in [5.74, 6) is 0.560. The van der Waals surface area contributed by atoms with Gasteiger partial charge < -0.3 is 10.2 Å². The van der Waals surface area contributed by atoms with Crippen molar-refractivity contribution in [2.75, 3.05) is 39.3 Å². The summed E-state index contributed by atoms with van der Waals surface area (Å²) in [5.41, 5.74) is 0.225. The maximum Gasteiger partial charge on any atom is 0.270 e. The van der Waals surface area contributed by atoms with Crippen LogP contribution in [0.15, 0.2) is 23.1 Å². The normalized spacial score (nSPS) is 21.1. The average Bonchev–Trinajstić information content (AvgIpc) is 2.79. The highest BCUT2D eigenvalue weighted by atomic mass is 32.2. The van der Waals surface area contributed by atoms with Crippen molar-refractivity contribution in [2.45, 2.75) is 57.3 Å². The third-order valence-electron chi connectivity index (χ3n) is 6.77. The lowest BCUT2D eigenvalue weighted by Crippen LogP contribution is -2.43. The van der Waals surface area contributed by atoms with Crippen molar-refractivity contribution in [2.24, 2.45) is 11.8 Å². The minimum absolute atomic E-state index is 0.00910. The number of piperidine rings is 2. The first kappa shape index (κ1) is 25.6. The number of nitrogens with zero attached hydrogens (tertiary/aromatic N) is 3. The molecule has 1 aromatic rings. The molecule has 1 atom stereocenters. The van der Waals surface area contributed by atoms with Crippen molar-refractivity contribution >= 4 is 21.6 Å². The second-order valence-electron chi connectivity index (χ2n) is 9.43. The topological polar surface area (TPSA) is 113 Å². The molecule has 3 rings (SSSR count). The Morgan fingerprint density at radius 3 is 2.58 bits per heavy atom. The van der Waals surface area contributed by atoms with E-state index in [9.17, 15) is 23.3 Å². The summed E-state index contributed by atoms with van der Waals surface area (Å²) in [4.78, 5) is 25.5. The van der Waals surface area contributed by atoms with Gasteiger partial charge in [0.1, 0.15) is 0 Å². The van der Waals surface area contributed by atoms with Crippen molar-refractivity contribution in [1.29, 1.82) is 0 Å². The number of amides is 1. The number of nitrogens with one attached hydrogen (secondary N) is 1. The Bertz CT molecular complexity index is 944. The molecule has 184 valence electrons. The van der Waals surface area contributed by atoms with Crippen LogP contribution in [0.1, 0.15) is 51.0 Å². The molecule has 2 aliphatic heterocycles. The summed E-state index contributed by atoms with van der Waals surface area (Å²) in [6.45, 7) is 8.46. The molecule has 2 saturated heterocycles. The molecular formula is C23H36N4O5S. The van der Waals surface area contributed by atoms with Crippen LogP contribution in [0.25, 0.3) is 0 Å². The number of non-ortho nitro benzene ring substituents is 1. The van der Waals surface area contributed by atoms with Gasteiger partial charge in [-0.25, -0.2) is 8.42 Å². The summed E-state index contributed by atoms with van der Waals surface area (Å²) in [5, 5.41) is 14.1. The van der Waals surface area contributed by atoms with Crippen LogP contribution >= 0.6 is 0 Å². The fourth-order valence-electron chi connectivity index (χ4n) is 4.78. The fourth-order valence-corrected chi connectivity index (χ4v) is 6.50. The Morgan fingerprint density at radius 1 is 1.18 bits per heavy atom. The number of hydrogen-bond donors (Lipinski definition) is 1. The lowest BCUT2D eigenvalue weighted by Gasteiger charge is -2.31. The summed E-state index contributed by atoms with van der Waals surface area (Å²) in [7, 11) is -3.84. The van der Waals surface area contributed by atoms with E-state index in [0.717, 1.165) is 31.4 Å². The van der Waals surface area contributed by atoms with Crippen molar-refractivity contribution < 1.29 is 18.1 Å². The van der Waals surface area contributed by atoms with E-state index in [1.165, 1.54) is 42.4 Å². The van der Waals surface area contributed by atoms with Crippen LogP contribution in [0.3, 0.4) is 0 Å². The van der Waals surface area contributed by atoms with Crippen molar-refractivity contribution in [3.63, 3.8) is 0 Å². The van der Waals surface area contributed by atoms with Crippen LogP contribution in [0.2, 0.25) is 0 Å². The Kier molecular flexibility index (Phi) is 8.83. The van der Waals surface area contributed by atoms with Crippen molar-refractivity contribution in [1.82, 2.24) is 14.5 Å². The smallest absolute Gasteiger partial charge is 0.270 e. The average molecular weight is 481 g/mol. The quantitative estimate of drug-likeness (QED) is 0.330. The Morgan fingerprint density at radius 2 is 1.91 bits per heavy atom. The van der Waals surface area contributed by atoms with Gasteiger partial charge in [-0.2, -0.15) is 4.31 Å². The number of aryl methyl sites for hydroxylation is 1. The van der Waals surface area contributed by atoms with Crippen LogP contribution in [-0.4, -0.2) is 67.7 Å². The van der Waals surface area contributed by atoms with E-state index in [1.807, 2.05) is 0 Å². The van der Waals surface area contributed by atoms with Gasteiger partial charge in [-0.1, -0.05) is 13.0 Å². The molecule has 2 heterocycles. The van der Waals surface area contributed by atoms with Crippen molar-refractivity contribution in [3.8, 4) is 0 Å². The zero-order chi connectivity index (χ0) is 24.0. The lowest BCUT2D eigenvalue weighted by atomic mass is 9.97.